The maximum atomic E-state index is 10.9. The van der Waals surface area contributed by atoms with E-state index in [-0.39, 0.29) is 18.4 Å². The molecule has 2 N–H and O–H groups in total. The standard InChI is InChI=1S/C12H14N2O2/c1-16-12(15)6-5-11(14)10-4-2-3-9(7-10)8-13/h2-4,7,11H,5-6,14H2,1H3. The molecule has 0 aliphatic rings. The SMILES string of the molecule is COC(=O)CCC(N)c1cccc(C#N)c1. The van der Waals surface area contributed by atoms with Gasteiger partial charge in [0, 0.05) is 12.5 Å². The Bertz CT molecular complexity index is 410. The van der Waals surface area contributed by atoms with Crippen molar-refractivity contribution >= 4 is 5.97 Å². The van der Waals surface area contributed by atoms with Crippen LogP contribution in [0.3, 0.4) is 0 Å². The van der Waals surface area contributed by atoms with Crippen LogP contribution in [-0.4, -0.2) is 13.1 Å². The molecule has 84 valence electrons. The van der Waals surface area contributed by atoms with E-state index in [4.69, 9.17) is 11.0 Å². The van der Waals surface area contributed by atoms with Crippen molar-refractivity contribution in [2.75, 3.05) is 7.11 Å². The lowest BCUT2D eigenvalue weighted by Gasteiger charge is -2.11. The van der Waals surface area contributed by atoms with Gasteiger partial charge >= 0.3 is 5.97 Å². The van der Waals surface area contributed by atoms with E-state index in [1.807, 2.05) is 6.07 Å². The zero-order chi connectivity index (χ0) is 12.0. The van der Waals surface area contributed by atoms with Crippen LogP contribution >= 0.6 is 0 Å². The number of carbonyl (C=O) groups excluding carboxylic acids is 1. The van der Waals surface area contributed by atoms with Crippen LogP contribution in [0.25, 0.3) is 0 Å². The zero-order valence-electron chi connectivity index (χ0n) is 9.14. The molecule has 1 aromatic carbocycles. The van der Waals surface area contributed by atoms with Crippen molar-refractivity contribution in [1.82, 2.24) is 0 Å². The van der Waals surface area contributed by atoms with E-state index >= 15 is 0 Å². The van der Waals surface area contributed by atoms with Crippen LogP contribution in [0.1, 0.15) is 30.0 Å². The number of rotatable bonds is 4. The summed E-state index contributed by atoms with van der Waals surface area (Å²) in [6.07, 6.45) is 0.802. The third-order valence-corrected chi connectivity index (χ3v) is 2.33. The van der Waals surface area contributed by atoms with Gasteiger partial charge in [-0.3, -0.25) is 4.79 Å². The molecule has 4 nitrogen and oxygen atoms in total. The fourth-order valence-electron chi connectivity index (χ4n) is 1.38. The number of hydrogen-bond acceptors (Lipinski definition) is 4. The Labute approximate surface area is 94.6 Å². The van der Waals surface area contributed by atoms with E-state index in [1.54, 1.807) is 18.2 Å². The lowest BCUT2D eigenvalue weighted by Crippen LogP contribution is -2.13. The highest BCUT2D eigenvalue weighted by molar-refractivity contribution is 5.69. The number of nitrogens with two attached hydrogens (primary N) is 1. The van der Waals surface area contributed by atoms with Gasteiger partial charge in [0.15, 0.2) is 0 Å². The zero-order valence-corrected chi connectivity index (χ0v) is 9.14. The summed E-state index contributed by atoms with van der Waals surface area (Å²) in [5.74, 6) is -0.271. The summed E-state index contributed by atoms with van der Waals surface area (Å²) < 4.78 is 4.53. The Balaban J connectivity index is 2.62. The van der Waals surface area contributed by atoms with Crippen LogP contribution in [0.4, 0.5) is 0 Å². The van der Waals surface area contributed by atoms with Gasteiger partial charge in [-0.15, -0.1) is 0 Å². The maximum Gasteiger partial charge on any atom is 0.305 e. The van der Waals surface area contributed by atoms with Gasteiger partial charge in [0.25, 0.3) is 0 Å². The van der Waals surface area contributed by atoms with E-state index in [2.05, 4.69) is 10.8 Å². The van der Waals surface area contributed by atoms with Gasteiger partial charge in [0.1, 0.15) is 0 Å². The molecule has 0 amide bonds. The van der Waals surface area contributed by atoms with Gasteiger partial charge in [0.05, 0.1) is 18.7 Å². The maximum absolute atomic E-state index is 10.9. The number of nitriles is 1. The number of ether oxygens (including phenoxy) is 1. The van der Waals surface area contributed by atoms with Crippen LogP contribution in [0, 0.1) is 11.3 Å². The van der Waals surface area contributed by atoms with Gasteiger partial charge in [-0.1, -0.05) is 12.1 Å². The molecule has 0 heterocycles. The van der Waals surface area contributed by atoms with Gasteiger partial charge < -0.3 is 10.5 Å². The normalized spacial score (nSPS) is 11.6. The van der Waals surface area contributed by atoms with Crippen molar-refractivity contribution in [2.24, 2.45) is 5.73 Å². The topological polar surface area (TPSA) is 76.1 Å². The molecule has 1 unspecified atom stereocenters. The number of methoxy groups -OCH3 is 1. The van der Waals surface area contributed by atoms with E-state index in [0.717, 1.165) is 5.56 Å². The molecule has 0 aliphatic heterocycles. The average molecular weight is 218 g/mol. The Morgan fingerprint density at radius 2 is 2.38 bits per heavy atom. The van der Waals surface area contributed by atoms with Crippen LogP contribution < -0.4 is 5.73 Å². The minimum Gasteiger partial charge on any atom is -0.469 e. The molecule has 0 bridgehead atoms. The third kappa shape index (κ3) is 3.37. The summed E-state index contributed by atoms with van der Waals surface area (Å²) in [6.45, 7) is 0. The first-order chi connectivity index (χ1) is 7.67. The summed E-state index contributed by atoms with van der Waals surface area (Å²) >= 11 is 0. The summed E-state index contributed by atoms with van der Waals surface area (Å²) in [6, 6.07) is 8.90. The van der Waals surface area contributed by atoms with E-state index < -0.39 is 0 Å². The lowest BCUT2D eigenvalue weighted by atomic mass is 10.0. The Kier molecular flexibility index (Phi) is 4.49. The highest BCUT2D eigenvalue weighted by Crippen LogP contribution is 2.17. The van der Waals surface area contributed by atoms with Gasteiger partial charge in [0.2, 0.25) is 0 Å². The number of nitrogens with zero attached hydrogens (tertiary/aromatic N) is 1. The van der Waals surface area contributed by atoms with Gasteiger partial charge in [-0.05, 0) is 24.1 Å². The molecule has 4 heteroatoms. The second-order valence-corrected chi connectivity index (χ2v) is 3.46. The minimum atomic E-state index is -0.271. The smallest absolute Gasteiger partial charge is 0.305 e. The Morgan fingerprint density at radius 1 is 1.62 bits per heavy atom. The van der Waals surface area contributed by atoms with Crippen LogP contribution in [0.2, 0.25) is 0 Å². The number of carbonyl (C=O) groups is 1. The monoisotopic (exact) mass is 218 g/mol. The molecule has 0 aromatic heterocycles. The highest BCUT2D eigenvalue weighted by Gasteiger charge is 2.09. The molecule has 0 radical (unpaired) electrons. The Hall–Kier alpha value is -1.86. The Morgan fingerprint density at radius 3 is 3.00 bits per heavy atom. The first-order valence-electron chi connectivity index (χ1n) is 5.00. The molecule has 16 heavy (non-hydrogen) atoms. The largest absolute Gasteiger partial charge is 0.469 e. The van der Waals surface area contributed by atoms with Crippen LogP contribution in [0.5, 0.6) is 0 Å². The quantitative estimate of drug-likeness (QED) is 0.777. The molecule has 1 atom stereocenters. The highest BCUT2D eigenvalue weighted by atomic mass is 16.5. The minimum absolute atomic E-state index is 0.243. The molecular weight excluding hydrogens is 204 g/mol. The van der Waals surface area contributed by atoms with Gasteiger partial charge in [-0.25, -0.2) is 0 Å². The summed E-state index contributed by atoms with van der Waals surface area (Å²) in [5.41, 5.74) is 7.34. The molecule has 0 fully saturated rings. The van der Waals surface area contributed by atoms with Crippen molar-refractivity contribution in [2.45, 2.75) is 18.9 Å². The average Bonchev–Trinajstić information content (AvgIpc) is 2.35. The fourth-order valence-corrected chi connectivity index (χ4v) is 1.38. The number of esters is 1. The fraction of sp³-hybridized carbons (Fsp3) is 0.333. The molecular formula is C12H14N2O2. The molecule has 0 aliphatic carbocycles. The molecule has 1 rings (SSSR count). The second-order valence-electron chi connectivity index (χ2n) is 3.46. The van der Waals surface area contributed by atoms with Crippen molar-refractivity contribution < 1.29 is 9.53 Å². The molecule has 0 saturated heterocycles. The van der Waals surface area contributed by atoms with E-state index in [0.29, 0.717) is 12.0 Å². The van der Waals surface area contributed by atoms with E-state index in [9.17, 15) is 4.79 Å². The molecule has 0 spiro atoms. The number of hydrogen-bond donors (Lipinski definition) is 1. The van der Waals surface area contributed by atoms with Crippen molar-refractivity contribution in [3.8, 4) is 6.07 Å². The van der Waals surface area contributed by atoms with Crippen molar-refractivity contribution in [1.29, 1.82) is 5.26 Å². The molecule has 1 aromatic rings. The second kappa shape index (κ2) is 5.89. The third-order valence-electron chi connectivity index (χ3n) is 2.33. The van der Waals surface area contributed by atoms with E-state index in [1.165, 1.54) is 7.11 Å². The first kappa shape index (κ1) is 12.2. The van der Waals surface area contributed by atoms with Crippen molar-refractivity contribution in [3.05, 3.63) is 35.4 Å². The number of benzene rings is 1. The summed E-state index contributed by atoms with van der Waals surface area (Å²) in [5, 5.41) is 8.74. The van der Waals surface area contributed by atoms with Gasteiger partial charge in [-0.2, -0.15) is 5.26 Å². The molecule has 0 saturated carbocycles. The van der Waals surface area contributed by atoms with Crippen LogP contribution in [0.15, 0.2) is 24.3 Å². The van der Waals surface area contributed by atoms with Crippen LogP contribution in [-0.2, 0) is 9.53 Å². The summed E-state index contributed by atoms with van der Waals surface area (Å²) in [7, 11) is 1.35. The van der Waals surface area contributed by atoms with Crippen molar-refractivity contribution in [3.63, 3.8) is 0 Å². The first-order valence-corrected chi connectivity index (χ1v) is 5.00. The predicted molar refractivity (Wildman–Crippen MR) is 59.3 cm³/mol. The lowest BCUT2D eigenvalue weighted by molar-refractivity contribution is -0.140. The summed E-state index contributed by atoms with van der Waals surface area (Å²) in [4.78, 5) is 10.9. The predicted octanol–water partition coefficient (Wildman–Crippen LogP) is 1.51.